The van der Waals surface area contributed by atoms with Crippen LogP contribution in [0.25, 0.3) is 10.9 Å². The van der Waals surface area contributed by atoms with E-state index < -0.39 is 0 Å². The van der Waals surface area contributed by atoms with Crippen LogP contribution in [0.4, 0.5) is 0 Å². The number of nitrogens with one attached hydrogen (secondary N) is 1. The number of hydrogen-bond acceptors (Lipinski definition) is 5. The number of hydrogen-bond donors (Lipinski definition) is 1. The van der Waals surface area contributed by atoms with Gasteiger partial charge in [-0.2, -0.15) is 5.10 Å². The van der Waals surface area contributed by atoms with Crippen molar-refractivity contribution in [3.63, 3.8) is 0 Å². The Hall–Kier alpha value is -3.29. The SMILES string of the molecule is CCN(Cc1nc2ccccc2c(=O)[nH]1)C(=O)c1ccc(=O)n(C)n1. The first kappa shape index (κ1) is 16.6. The molecule has 0 aliphatic carbocycles. The van der Waals surface area contributed by atoms with Crippen LogP contribution in [0.3, 0.4) is 0 Å². The highest BCUT2D eigenvalue weighted by Gasteiger charge is 2.18. The molecule has 1 amide bonds. The predicted octanol–water partition coefficient (Wildman–Crippen LogP) is 0.679. The maximum absolute atomic E-state index is 12.6. The van der Waals surface area contributed by atoms with Gasteiger partial charge in [-0.05, 0) is 25.1 Å². The van der Waals surface area contributed by atoms with Crippen molar-refractivity contribution < 1.29 is 4.79 Å². The molecule has 0 unspecified atom stereocenters. The molecule has 0 atom stereocenters. The topological polar surface area (TPSA) is 101 Å². The summed E-state index contributed by atoms with van der Waals surface area (Å²) >= 11 is 0. The van der Waals surface area contributed by atoms with E-state index in [1.54, 1.807) is 24.3 Å². The van der Waals surface area contributed by atoms with E-state index >= 15 is 0 Å². The smallest absolute Gasteiger partial charge is 0.274 e. The summed E-state index contributed by atoms with van der Waals surface area (Å²) in [5, 5.41) is 4.47. The normalized spacial score (nSPS) is 10.8. The third-order valence-electron chi connectivity index (χ3n) is 3.85. The molecule has 3 rings (SSSR count). The standard InChI is InChI=1S/C17H17N5O3/c1-3-22(17(25)13-8-9-15(23)21(2)20-13)10-14-18-12-7-5-4-6-11(12)16(24)19-14/h4-9H,3,10H2,1-2H3,(H,18,19,24). The molecule has 0 spiro atoms. The zero-order valence-corrected chi connectivity index (χ0v) is 13.9. The van der Waals surface area contributed by atoms with Gasteiger partial charge in [0.2, 0.25) is 0 Å². The Morgan fingerprint density at radius 2 is 1.96 bits per heavy atom. The largest absolute Gasteiger partial charge is 0.330 e. The van der Waals surface area contributed by atoms with Crippen molar-refractivity contribution in [2.75, 3.05) is 6.54 Å². The summed E-state index contributed by atoms with van der Waals surface area (Å²) in [5.41, 5.74) is 0.196. The summed E-state index contributed by atoms with van der Waals surface area (Å²) in [6.07, 6.45) is 0. The molecule has 0 saturated carbocycles. The second kappa shape index (κ2) is 6.68. The van der Waals surface area contributed by atoms with Crippen LogP contribution in [0.2, 0.25) is 0 Å². The first-order chi connectivity index (χ1) is 12.0. The minimum absolute atomic E-state index is 0.139. The minimum atomic E-state index is -0.339. The van der Waals surface area contributed by atoms with E-state index in [1.807, 2.05) is 6.92 Å². The zero-order valence-electron chi connectivity index (χ0n) is 13.9. The van der Waals surface area contributed by atoms with Gasteiger partial charge in [0.1, 0.15) is 11.5 Å². The first-order valence-corrected chi connectivity index (χ1v) is 7.81. The monoisotopic (exact) mass is 339 g/mol. The molecule has 2 heterocycles. The summed E-state index contributed by atoms with van der Waals surface area (Å²) in [7, 11) is 1.48. The number of fused-ring (bicyclic) bond motifs is 1. The lowest BCUT2D eigenvalue weighted by atomic mass is 10.2. The maximum atomic E-state index is 12.6. The molecule has 0 aliphatic rings. The van der Waals surface area contributed by atoms with Gasteiger partial charge in [-0.3, -0.25) is 14.4 Å². The van der Waals surface area contributed by atoms with Crippen LogP contribution >= 0.6 is 0 Å². The molecule has 1 N–H and O–H groups in total. The van der Waals surface area contributed by atoms with E-state index in [0.29, 0.717) is 23.3 Å². The van der Waals surface area contributed by atoms with Crippen LogP contribution in [0.15, 0.2) is 46.0 Å². The van der Waals surface area contributed by atoms with Gasteiger partial charge < -0.3 is 9.88 Å². The lowest BCUT2D eigenvalue weighted by Gasteiger charge is -2.20. The number of nitrogens with zero attached hydrogens (tertiary/aromatic N) is 4. The number of aromatic nitrogens is 4. The van der Waals surface area contributed by atoms with Gasteiger partial charge in [-0.25, -0.2) is 9.67 Å². The van der Waals surface area contributed by atoms with Crippen molar-refractivity contribution in [1.29, 1.82) is 0 Å². The van der Waals surface area contributed by atoms with Gasteiger partial charge in [-0.15, -0.1) is 0 Å². The van der Waals surface area contributed by atoms with E-state index in [1.165, 1.54) is 24.1 Å². The van der Waals surface area contributed by atoms with Crippen molar-refractivity contribution in [2.45, 2.75) is 13.5 Å². The van der Waals surface area contributed by atoms with Crippen molar-refractivity contribution in [3.8, 4) is 0 Å². The fourth-order valence-corrected chi connectivity index (χ4v) is 2.50. The van der Waals surface area contributed by atoms with Crippen molar-refractivity contribution in [2.24, 2.45) is 7.05 Å². The summed E-state index contributed by atoms with van der Waals surface area (Å²) < 4.78 is 1.11. The second-order valence-corrected chi connectivity index (χ2v) is 5.53. The Balaban J connectivity index is 1.91. The Kier molecular flexibility index (Phi) is 4.42. The number of aromatic amines is 1. The molecular formula is C17H17N5O3. The lowest BCUT2D eigenvalue weighted by Crippen LogP contribution is -2.34. The van der Waals surface area contributed by atoms with Crippen LogP contribution in [0.1, 0.15) is 23.2 Å². The van der Waals surface area contributed by atoms with E-state index in [0.717, 1.165) is 4.68 Å². The zero-order chi connectivity index (χ0) is 18.0. The number of carbonyl (C=O) groups excluding carboxylic acids is 1. The number of benzene rings is 1. The van der Waals surface area contributed by atoms with Gasteiger partial charge in [0, 0.05) is 19.7 Å². The molecule has 0 saturated heterocycles. The second-order valence-electron chi connectivity index (χ2n) is 5.53. The van der Waals surface area contributed by atoms with Crippen LogP contribution in [0.5, 0.6) is 0 Å². The van der Waals surface area contributed by atoms with Gasteiger partial charge >= 0.3 is 0 Å². The van der Waals surface area contributed by atoms with E-state index in [-0.39, 0.29) is 29.3 Å². The van der Waals surface area contributed by atoms with E-state index in [4.69, 9.17) is 0 Å². The quantitative estimate of drug-likeness (QED) is 0.753. The number of amides is 1. The Morgan fingerprint density at radius 3 is 2.68 bits per heavy atom. The van der Waals surface area contributed by atoms with Gasteiger partial charge in [0.25, 0.3) is 17.0 Å². The molecule has 2 aromatic heterocycles. The molecule has 0 aliphatic heterocycles. The summed E-state index contributed by atoms with van der Waals surface area (Å²) in [5.74, 6) is 0.0534. The molecule has 128 valence electrons. The Morgan fingerprint density at radius 1 is 1.20 bits per heavy atom. The Bertz CT molecular complexity index is 1050. The highest BCUT2D eigenvalue weighted by atomic mass is 16.2. The predicted molar refractivity (Wildman–Crippen MR) is 92.3 cm³/mol. The highest BCUT2D eigenvalue weighted by Crippen LogP contribution is 2.08. The number of rotatable bonds is 4. The molecule has 1 aromatic carbocycles. The first-order valence-electron chi connectivity index (χ1n) is 7.81. The van der Waals surface area contributed by atoms with Crippen LogP contribution in [0, 0.1) is 0 Å². The number of carbonyl (C=O) groups is 1. The van der Waals surface area contributed by atoms with E-state index in [9.17, 15) is 14.4 Å². The van der Waals surface area contributed by atoms with Gasteiger partial charge in [0.05, 0.1) is 17.4 Å². The third kappa shape index (κ3) is 3.32. The van der Waals surface area contributed by atoms with Crippen molar-refractivity contribution in [3.05, 3.63) is 68.6 Å². The average Bonchev–Trinajstić information content (AvgIpc) is 2.61. The number of aryl methyl sites for hydroxylation is 1. The van der Waals surface area contributed by atoms with Crippen molar-refractivity contribution >= 4 is 16.8 Å². The highest BCUT2D eigenvalue weighted by molar-refractivity contribution is 5.92. The molecule has 3 aromatic rings. The number of para-hydroxylation sites is 1. The van der Waals surface area contributed by atoms with Crippen molar-refractivity contribution in [1.82, 2.24) is 24.6 Å². The van der Waals surface area contributed by atoms with E-state index in [2.05, 4.69) is 15.1 Å². The molecule has 8 heteroatoms. The summed E-state index contributed by atoms with van der Waals surface area (Å²) in [6, 6.07) is 9.71. The lowest BCUT2D eigenvalue weighted by molar-refractivity contribution is 0.0740. The fraction of sp³-hybridized carbons (Fsp3) is 0.235. The summed E-state index contributed by atoms with van der Waals surface area (Å²) in [6.45, 7) is 2.36. The van der Waals surface area contributed by atoms with Crippen LogP contribution < -0.4 is 11.1 Å². The molecule has 0 bridgehead atoms. The molecule has 8 nitrogen and oxygen atoms in total. The molecule has 25 heavy (non-hydrogen) atoms. The number of H-pyrrole nitrogens is 1. The van der Waals surface area contributed by atoms with Gasteiger partial charge in [0.15, 0.2) is 0 Å². The summed E-state index contributed by atoms with van der Waals surface area (Å²) in [4.78, 5) is 44.8. The fourth-order valence-electron chi connectivity index (χ4n) is 2.50. The maximum Gasteiger partial charge on any atom is 0.274 e. The molecule has 0 fully saturated rings. The Labute approximate surface area is 142 Å². The minimum Gasteiger partial charge on any atom is -0.330 e. The molecule has 0 radical (unpaired) electrons. The molecular weight excluding hydrogens is 322 g/mol. The third-order valence-corrected chi connectivity index (χ3v) is 3.85. The van der Waals surface area contributed by atoms with Crippen LogP contribution in [-0.4, -0.2) is 37.1 Å². The average molecular weight is 339 g/mol. The van der Waals surface area contributed by atoms with Crippen LogP contribution in [-0.2, 0) is 13.6 Å². The van der Waals surface area contributed by atoms with Gasteiger partial charge in [-0.1, -0.05) is 12.1 Å².